The van der Waals surface area contributed by atoms with Crippen LogP contribution in [0.4, 0.5) is 23.2 Å². The van der Waals surface area contributed by atoms with Crippen LogP contribution in [0.3, 0.4) is 0 Å². The number of halogens is 5. The molecule has 0 spiro atoms. The average Bonchev–Trinajstić information content (AvgIpc) is 2.57. The second-order valence-corrected chi connectivity index (χ2v) is 5.17. The number of benzene rings is 2. The van der Waals surface area contributed by atoms with E-state index in [1.165, 1.54) is 37.4 Å². The Morgan fingerprint density at radius 1 is 1.15 bits per heavy atom. The van der Waals surface area contributed by atoms with Crippen molar-refractivity contribution in [2.24, 2.45) is 10.7 Å². The van der Waals surface area contributed by atoms with Gasteiger partial charge in [0, 0.05) is 7.11 Å². The van der Waals surface area contributed by atoms with Crippen LogP contribution < -0.4 is 15.8 Å². The lowest BCUT2D eigenvalue weighted by atomic mass is 10.1. The second kappa shape index (κ2) is 10.3. The summed E-state index contributed by atoms with van der Waals surface area (Å²) in [5.41, 5.74) is 6.43. The van der Waals surface area contributed by atoms with Gasteiger partial charge in [-0.25, -0.2) is 4.39 Å². The number of methoxy groups -OCH3 is 1. The molecule has 1 unspecified atom stereocenters. The van der Waals surface area contributed by atoms with Crippen LogP contribution in [0.15, 0.2) is 53.5 Å². The van der Waals surface area contributed by atoms with Crippen molar-refractivity contribution in [2.45, 2.75) is 12.5 Å². The van der Waals surface area contributed by atoms with E-state index in [-0.39, 0.29) is 48.0 Å². The van der Waals surface area contributed by atoms with E-state index >= 15 is 0 Å². The third-order valence-corrected chi connectivity index (χ3v) is 3.33. The van der Waals surface area contributed by atoms with E-state index in [1.807, 2.05) is 0 Å². The molecule has 10 heteroatoms. The summed E-state index contributed by atoms with van der Waals surface area (Å²) < 4.78 is 59.4. The zero-order chi connectivity index (χ0) is 19.2. The van der Waals surface area contributed by atoms with E-state index < -0.39 is 18.2 Å². The van der Waals surface area contributed by atoms with Crippen LogP contribution in [0, 0.1) is 5.82 Å². The molecule has 0 aliphatic carbocycles. The summed E-state index contributed by atoms with van der Waals surface area (Å²) in [7, 11) is 1.46. The Morgan fingerprint density at radius 3 is 2.37 bits per heavy atom. The lowest BCUT2D eigenvalue weighted by molar-refractivity contribution is -0.274. The van der Waals surface area contributed by atoms with E-state index in [0.29, 0.717) is 5.56 Å². The molecule has 148 valence electrons. The summed E-state index contributed by atoms with van der Waals surface area (Å²) >= 11 is 0. The van der Waals surface area contributed by atoms with Gasteiger partial charge in [0.15, 0.2) is 11.7 Å². The molecule has 0 amide bonds. The van der Waals surface area contributed by atoms with Crippen LogP contribution in [0.2, 0.25) is 0 Å². The highest BCUT2D eigenvalue weighted by Gasteiger charge is 2.32. The smallest absolute Gasteiger partial charge is 0.404 e. The summed E-state index contributed by atoms with van der Waals surface area (Å²) in [5.74, 6) is -0.929. The maximum absolute atomic E-state index is 13.0. The number of aliphatic imine (C=N–C) groups is 1. The largest absolute Gasteiger partial charge is 0.573 e. The van der Waals surface area contributed by atoms with Crippen LogP contribution in [0.25, 0.3) is 0 Å². The molecule has 0 aliphatic rings. The van der Waals surface area contributed by atoms with E-state index in [9.17, 15) is 17.6 Å². The van der Waals surface area contributed by atoms with Crippen molar-refractivity contribution >= 4 is 35.6 Å². The summed E-state index contributed by atoms with van der Waals surface area (Å²) in [6, 6.07) is 11.1. The quantitative estimate of drug-likeness (QED) is 0.267. The number of nitrogens with one attached hydrogen (secondary N) is 1. The Morgan fingerprint density at radius 2 is 1.78 bits per heavy atom. The molecular weight excluding hydrogens is 481 g/mol. The standard InChI is InChI=1S/C17H17F4N3O2.HI/c1-25-15(11-6-8-12(18)9-7-11)10-23-16(22)24-13-4-2-3-5-14(13)26-17(19,20)21;/h2-9,15H,10H2,1H3,(H3,22,23,24);1H. The number of anilines is 1. The van der Waals surface area contributed by atoms with Gasteiger partial charge in [0.2, 0.25) is 0 Å². The molecule has 0 aromatic heterocycles. The molecule has 0 saturated carbocycles. The Labute approximate surface area is 170 Å². The molecule has 2 aromatic carbocycles. The van der Waals surface area contributed by atoms with Gasteiger partial charge in [0.1, 0.15) is 11.9 Å². The van der Waals surface area contributed by atoms with Crippen molar-refractivity contribution in [3.8, 4) is 5.75 Å². The van der Waals surface area contributed by atoms with Gasteiger partial charge in [0.05, 0.1) is 12.2 Å². The fourth-order valence-corrected chi connectivity index (χ4v) is 2.14. The first-order valence-corrected chi connectivity index (χ1v) is 7.48. The number of guanidine groups is 1. The van der Waals surface area contributed by atoms with E-state index in [2.05, 4.69) is 15.0 Å². The molecule has 5 nitrogen and oxygen atoms in total. The minimum absolute atomic E-state index is 0. The number of alkyl halides is 3. The molecule has 2 rings (SSSR count). The molecule has 0 fully saturated rings. The number of ether oxygens (including phenoxy) is 2. The maximum Gasteiger partial charge on any atom is 0.573 e. The Hall–Kier alpha value is -2.08. The monoisotopic (exact) mass is 499 g/mol. The molecule has 1 atom stereocenters. The number of hydrogen-bond acceptors (Lipinski definition) is 3. The zero-order valence-corrected chi connectivity index (χ0v) is 16.5. The number of nitrogens with two attached hydrogens (primary N) is 1. The maximum atomic E-state index is 13.0. The second-order valence-electron chi connectivity index (χ2n) is 5.17. The summed E-state index contributed by atoms with van der Waals surface area (Å²) in [6.07, 6.45) is -5.31. The highest BCUT2D eigenvalue weighted by molar-refractivity contribution is 14.0. The van der Waals surface area contributed by atoms with Gasteiger partial charge in [0.25, 0.3) is 0 Å². The SMILES string of the molecule is COC(CN=C(N)Nc1ccccc1OC(F)(F)F)c1ccc(F)cc1.I. The number of rotatable bonds is 6. The molecule has 27 heavy (non-hydrogen) atoms. The molecule has 0 heterocycles. The number of para-hydroxylation sites is 2. The fraction of sp³-hybridized carbons (Fsp3) is 0.235. The fourth-order valence-electron chi connectivity index (χ4n) is 2.14. The van der Waals surface area contributed by atoms with Crippen LogP contribution in [-0.4, -0.2) is 26.0 Å². The minimum atomic E-state index is -4.83. The minimum Gasteiger partial charge on any atom is -0.404 e. The Kier molecular flexibility index (Phi) is 8.76. The Bertz CT molecular complexity index is 755. The molecule has 3 N–H and O–H groups in total. The van der Waals surface area contributed by atoms with Gasteiger partial charge >= 0.3 is 6.36 Å². The van der Waals surface area contributed by atoms with Crippen LogP contribution in [0.5, 0.6) is 5.75 Å². The van der Waals surface area contributed by atoms with E-state index in [1.54, 1.807) is 12.1 Å². The van der Waals surface area contributed by atoms with Crippen LogP contribution >= 0.6 is 24.0 Å². The number of hydrogen-bond donors (Lipinski definition) is 2. The third-order valence-electron chi connectivity index (χ3n) is 3.33. The highest BCUT2D eigenvalue weighted by Crippen LogP contribution is 2.29. The van der Waals surface area contributed by atoms with E-state index in [0.717, 1.165) is 6.07 Å². The van der Waals surface area contributed by atoms with Gasteiger partial charge in [-0.1, -0.05) is 24.3 Å². The van der Waals surface area contributed by atoms with Crippen molar-refractivity contribution in [3.63, 3.8) is 0 Å². The van der Waals surface area contributed by atoms with Crippen molar-refractivity contribution in [3.05, 3.63) is 59.9 Å². The van der Waals surface area contributed by atoms with Crippen molar-refractivity contribution < 1.29 is 27.0 Å². The molecule has 2 aromatic rings. The van der Waals surface area contributed by atoms with Crippen LogP contribution in [-0.2, 0) is 4.74 Å². The summed E-state index contributed by atoms with van der Waals surface area (Å²) in [6.45, 7) is 0.0866. The topological polar surface area (TPSA) is 68.9 Å². The number of nitrogens with zero attached hydrogens (tertiary/aromatic N) is 1. The van der Waals surface area contributed by atoms with Crippen LogP contribution in [0.1, 0.15) is 11.7 Å². The zero-order valence-electron chi connectivity index (χ0n) is 14.2. The van der Waals surface area contributed by atoms with Gasteiger partial charge < -0.3 is 20.5 Å². The summed E-state index contributed by atoms with van der Waals surface area (Å²) in [4.78, 5) is 4.05. The lowest BCUT2D eigenvalue weighted by Crippen LogP contribution is -2.25. The molecule has 0 bridgehead atoms. The first-order chi connectivity index (χ1) is 12.3. The average molecular weight is 499 g/mol. The summed E-state index contributed by atoms with van der Waals surface area (Å²) in [5, 5.41) is 2.56. The highest BCUT2D eigenvalue weighted by atomic mass is 127. The van der Waals surface area contributed by atoms with Crippen molar-refractivity contribution in [1.29, 1.82) is 0 Å². The van der Waals surface area contributed by atoms with Gasteiger partial charge in [-0.2, -0.15) is 0 Å². The van der Waals surface area contributed by atoms with E-state index in [4.69, 9.17) is 10.5 Å². The molecule has 0 saturated heterocycles. The Balaban J connectivity index is 0.00000364. The first kappa shape index (κ1) is 23.0. The third kappa shape index (κ3) is 7.59. The van der Waals surface area contributed by atoms with Gasteiger partial charge in [-0.05, 0) is 29.8 Å². The predicted octanol–water partition coefficient (Wildman–Crippen LogP) is 4.46. The van der Waals surface area contributed by atoms with Gasteiger partial charge in [-0.3, -0.25) is 4.99 Å². The lowest BCUT2D eigenvalue weighted by Gasteiger charge is -2.16. The molecular formula is C17H18F4IN3O2. The molecule has 0 radical (unpaired) electrons. The molecule has 0 aliphatic heterocycles. The predicted molar refractivity (Wildman–Crippen MR) is 105 cm³/mol. The van der Waals surface area contributed by atoms with Crippen molar-refractivity contribution in [1.82, 2.24) is 0 Å². The van der Waals surface area contributed by atoms with Gasteiger partial charge in [-0.15, -0.1) is 37.1 Å². The first-order valence-electron chi connectivity index (χ1n) is 7.48. The normalized spacial score (nSPS) is 12.9. The van der Waals surface area contributed by atoms with Crippen molar-refractivity contribution in [2.75, 3.05) is 19.0 Å².